The van der Waals surface area contributed by atoms with Gasteiger partial charge in [-0.05, 0) is 31.9 Å². The highest BCUT2D eigenvalue weighted by Gasteiger charge is 2.29. The topological polar surface area (TPSA) is 64.9 Å². The molecular weight excluding hydrogens is 245 g/mol. The summed E-state index contributed by atoms with van der Waals surface area (Å²) >= 11 is 0. The number of aryl methyl sites for hydroxylation is 1. The summed E-state index contributed by atoms with van der Waals surface area (Å²) in [4.78, 5) is 4.25. The number of nitrogens with zero attached hydrogens (tertiary/aromatic N) is 2. The van der Waals surface area contributed by atoms with Crippen molar-refractivity contribution in [1.29, 1.82) is 0 Å². The fourth-order valence-electron chi connectivity index (χ4n) is 1.90. The Labute approximate surface area is 111 Å². The van der Waals surface area contributed by atoms with Crippen LogP contribution in [0.25, 0.3) is 11.5 Å². The van der Waals surface area contributed by atoms with E-state index < -0.39 is 5.54 Å². The molecule has 0 atom stereocenters. The molecule has 4 nitrogen and oxygen atoms in total. The van der Waals surface area contributed by atoms with E-state index in [4.69, 9.17) is 10.3 Å². The number of benzene rings is 1. The van der Waals surface area contributed by atoms with Gasteiger partial charge >= 0.3 is 0 Å². The monoisotopic (exact) mass is 263 g/mol. The summed E-state index contributed by atoms with van der Waals surface area (Å²) in [6, 6.07) is 4.77. The van der Waals surface area contributed by atoms with Crippen molar-refractivity contribution >= 4 is 0 Å². The van der Waals surface area contributed by atoms with Gasteiger partial charge in [0, 0.05) is 0 Å². The molecule has 0 radical (unpaired) electrons. The fraction of sp³-hybridized carbons (Fsp3) is 0.429. The highest BCUT2D eigenvalue weighted by Crippen LogP contribution is 2.27. The van der Waals surface area contributed by atoms with Gasteiger partial charge in [0.2, 0.25) is 0 Å². The number of nitrogens with two attached hydrogens (primary N) is 1. The van der Waals surface area contributed by atoms with E-state index in [1.54, 1.807) is 12.1 Å². The summed E-state index contributed by atoms with van der Waals surface area (Å²) in [5.74, 6) is 0.220. The van der Waals surface area contributed by atoms with E-state index in [-0.39, 0.29) is 11.7 Å². The van der Waals surface area contributed by atoms with Crippen LogP contribution in [-0.4, -0.2) is 10.1 Å². The molecule has 102 valence electrons. The van der Waals surface area contributed by atoms with Crippen LogP contribution in [0.1, 0.15) is 38.1 Å². The van der Waals surface area contributed by atoms with E-state index in [9.17, 15) is 4.39 Å². The summed E-state index contributed by atoms with van der Waals surface area (Å²) < 4.78 is 18.9. The SMILES string of the molecule is CCC(N)(CC)c1noc(-c2cc(C)ccc2F)n1. The lowest BCUT2D eigenvalue weighted by atomic mass is 9.93. The van der Waals surface area contributed by atoms with Gasteiger partial charge in [-0.1, -0.05) is 30.6 Å². The summed E-state index contributed by atoms with van der Waals surface area (Å²) in [5, 5.41) is 3.90. The Kier molecular flexibility index (Phi) is 3.66. The van der Waals surface area contributed by atoms with Crippen LogP contribution in [0.3, 0.4) is 0 Å². The predicted molar refractivity (Wildman–Crippen MR) is 70.9 cm³/mol. The van der Waals surface area contributed by atoms with Crippen molar-refractivity contribution in [3.63, 3.8) is 0 Å². The fourth-order valence-corrected chi connectivity index (χ4v) is 1.90. The van der Waals surface area contributed by atoms with Crippen LogP contribution in [-0.2, 0) is 5.54 Å². The third kappa shape index (κ3) is 2.51. The van der Waals surface area contributed by atoms with E-state index in [0.29, 0.717) is 24.2 Å². The Morgan fingerprint density at radius 2 is 2.00 bits per heavy atom. The average molecular weight is 263 g/mol. The molecule has 0 fully saturated rings. The lowest BCUT2D eigenvalue weighted by Crippen LogP contribution is -2.36. The molecule has 0 spiro atoms. The van der Waals surface area contributed by atoms with Crippen LogP contribution < -0.4 is 5.73 Å². The van der Waals surface area contributed by atoms with Gasteiger partial charge in [-0.2, -0.15) is 4.98 Å². The molecule has 2 rings (SSSR count). The van der Waals surface area contributed by atoms with Crippen molar-refractivity contribution in [2.24, 2.45) is 5.73 Å². The molecule has 0 aliphatic heterocycles. The van der Waals surface area contributed by atoms with Crippen LogP contribution in [0.15, 0.2) is 22.7 Å². The molecular formula is C14H18FN3O. The second kappa shape index (κ2) is 5.09. The molecule has 5 heteroatoms. The minimum absolute atomic E-state index is 0.174. The summed E-state index contributed by atoms with van der Waals surface area (Å²) in [7, 11) is 0. The molecule has 0 aliphatic carbocycles. The molecule has 2 N–H and O–H groups in total. The summed E-state index contributed by atoms with van der Waals surface area (Å²) in [6.45, 7) is 5.81. The highest BCUT2D eigenvalue weighted by molar-refractivity contribution is 5.55. The molecule has 0 saturated heterocycles. The predicted octanol–water partition coefficient (Wildman–Crippen LogP) is 3.16. The van der Waals surface area contributed by atoms with E-state index in [1.807, 2.05) is 20.8 Å². The zero-order valence-corrected chi connectivity index (χ0v) is 11.4. The van der Waals surface area contributed by atoms with E-state index in [1.165, 1.54) is 6.07 Å². The first-order valence-electron chi connectivity index (χ1n) is 6.39. The summed E-state index contributed by atoms with van der Waals surface area (Å²) in [6.07, 6.45) is 1.39. The minimum atomic E-state index is -0.623. The smallest absolute Gasteiger partial charge is 0.260 e. The average Bonchev–Trinajstić information content (AvgIpc) is 2.90. The molecule has 0 aliphatic rings. The van der Waals surface area contributed by atoms with Crippen molar-refractivity contribution in [2.75, 3.05) is 0 Å². The molecule has 0 amide bonds. The van der Waals surface area contributed by atoms with Crippen molar-refractivity contribution in [1.82, 2.24) is 10.1 Å². The first kappa shape index (κ1) is 13.7. The van der Waals surface area contributed by atoms with Gasteiger partial charge < -0.3 is 10.3 Å². The Morgan fingerprint density at radius 1 is 1.32 bits per heavy atom. The highest BCUT2D eigenvalue weighted by atomic mass is 19.1. The molecule has 0 saturated carbocycles. The zero-order chi connectivity index (χ0) is 14.0. The second-order valence-electron chi connectivity index (χ2n) is 4.77. The van der Waals surface area contributed by atoms with Crippen molar-refractivity contribution in [2.45, 2.75) is 39.2 Å². The number of hydrogen-bond acceptors (Lipinski definition) is 4. The Balaban J connectivity index is 2.44. The van der Waals surface area contributed by atoms with Crippen molar-refractivity contribution in [3.8, 4) is 11.5 Å². The minimum Gasteiger partial charge on any atom is -0.334 e. The Bertz CT molecular complexity index is 576. The third-order valence-corrected chi connectivity index (χ3v) is 3.49. The number of rotatable bonds is 4. The van der Waals surface area contributed by atoms with E-state index >= 15 is 0 Å². The second-order valence-corrected chi connectivity index (χ2v) is 4.77. The van der Waals surface area contributed by atoms with Gasteiger partial charge in [-0.15, -0.1) is 0 Å². The van der Waals surface area contributed by atoms with Gasteiger partial charge in [0.05, 0.1) is 11.1 Å². The third-order valence-electron chi connectivity index (χ3n) is 3.49. The van der Waals surface area contributed by atoms with Gasteiger partial charge in [-0.3, -0.25) is 0 Å². The van der Waals surface area contributed by atoms with Gasteiger partial charge in [0.25, 0.3) is 5.89 Å². The number of hydrogen-bond donors (Lipinski definition) is 1. The molecule has 1 aromatic heterocycles. The molecule has 19 heavy (non-hydrogen) atoms. The molecule has 0 unspecified atom stereocenters. The zero-order valence-electron chi connectivity index (χ0n) is 11.4. The van der Waals surface area contributed by atoms with Gasteiger partial charge in [0.1, 0.15) is 5.82 Å². The molecule has 0 bridgehead atoms. The Morgan fingerprint density at radius 3 is 2.63 bits per heavy atom. The largest absolute Gasteiger partial charge is 0.334 e. The number of aromatic nitrogens is 2. The molecule has 1 aromatic carbocycles. The van der Waals surface area contributed by atoms with Crippen LogP contribution in [0.2, 0.25) is 0 Å². The van der Waals surface area contributed by atoms with Crippen molar-refractivity contribution < 1.29 is 8.91 Å². The van der Waals surface area contributed by atoms with E-state index in [0.717, 1.165) is 5.56 Å². The molecule has 2 aromatic rings. The normalized spacial score (nSPS) is 11.8. The van der Waals surface area contributed by atoms with Crippen LogP contribution >= 0.6 is 0 Å². The first-order chi connectivity index (χ1) is 9.00. The lowest BCUT2D eigenvalue weighted by Gasteiger charge is -2.21. The number of halogens is 1. The standard InChI is InChI=1S/C14H18FN3O/c1-4-14(16,5-2)13-17-12(19-18-13)10-8-9(3)6-7-11(10)15/h6-8H,4-5,16H2,1-3H3. The maximum atomic E-state index is 13.8. The van der Waals surface area contributed by atoms with Crippen LogP contribution in [0.5, 0.6) is 0 Å². The van der Waals surface area contributed by atoms with Gasteiger partial charge in [0.15, 0.2) is 5.82 Å². The lowest BCUT2D eigenvalue weighted by molar-refractivity contribution is 0.350. The maximum absolute atomic E-state index is 13.8. The first-order valence-corrected chi connectivity index (χ1v) is 6.39. The Hall–Kier alpha value is -1.75. The summed E-state index contributed by atoms with van der Waals surface area (Å²) in [5.41, 5.74) is 6.82. The van der Waals surface area contributed by atoms with E-state index in [2.05, 4.69) is 10.1 Å². The molecule has 1 heterocycles. The quantitative estimate of drug-likeness (QED) is 0.920. The van der Waals surface area contributed by atoms with Crippen LogP contribution in [0, 0.1) is 12.7 Å². The maximum Gasteiger partial charge on any atom is 0.260 e. The van der Waals surface area contributed by atoms with Crippen LogP contribution in [0.4, 0.5) is 4.39 Å². The van der Waals surface area contributed by atoms with Crippen molar-refractivity contribution in [3.05, 3.63) is 35.4 Å². The van der Waals surface area contributed by atoms with Gasteiger partial charge in [-0.25, -0.2) is 4.39 Å².